The summed E-state index contributed by atoms with van der Waals surface area (Å²) in [5.41, 5.74) is 0.913. The maximum Gasteiger partial charge on any atom is 0.185 e. The number of thiazole rings is 1. The zero-order valence-electron chi connectivity index (χ0n) is 10.7. The third-order valence-electron chi connectivity index (χ3n) is 3.06. The number of nitrogens with zero attached hydrogens (tertiary/aromatic N) is 5. The molecule has 2 aromatic rings. The van der Waals surface area contributed by atoms with Gasteiger partial charge in [0.05, 0.1) is 6.04 Å². The highest BCUT2D eigenvalue weighted by Crippen LogP contribution is 2.27. The van der Waals surface area contributed by atoms with Crippen LogP contribution < -0.4 is 10.2 Å². The van der Waals surface area contributed by atoms with Crippen LogP contribution in [0.3, 0.4) is 0 Å². The van der Waals surface area contributed by atoms with E-state index in [2.05, 4.69) is 32.0 Å². The van der Waals surface area contributed by atoms with E-state index >= 15 is 0 Å². The molecule has 0 saturated carbocycles. The second kappa shape index (κ2) is 4.33. The second-order valence-electron chi connectivity index (χ2n) is 4.62. The molecule has 7 heteroatoms. The first-order chi connectivity index (χ1) is 8.66. The molecule has 1 aliphatic heterocycles. The first-order valence-corrected chi connectivity index (χ1v) is 6.84. The Balaban J connectivity index is 2.01. The molecule has 0 aromatic carbocycles. The fourth-order valence-corrected chi connectivity index (χ4v) is 2.84. The Labute approximate surface area is 110 Å². The number of nitrogens with one attached hydrogen (secondary N) is 1. The quantitative estimate of drug-likeness (QED) is 0.881. The van der Waals surface area contributed by atoms with Crippen LogP contribution >= 0.6 is 11.3 Å². The minimum Gasteiger partial charge on any atom is -0.354 e. The molecular weight excluding hydrogens is 248 g/mol. The Morgan fingerprint density at radius 2 is 2.28 bits per heavy atom. The average Bonchev–Trinajstić information content (AvgIpc) is 2.94. The molecule has 18 heavy (non-hydrogen) atoms. The van der Waals surface area contributed by atoms with Gasteiger partial charge in [0, 0.05) is 32.6 Å². The maximum atomic E-state index is 4.59. The molecule has 1 atom stereocenters. The van der Waals surface area contributed by atoms with E-state index in [4.69, 9.17) is 0 Å². The Bertz CT molecular complexity index is 558. The molecule has 6 nitrogen and oxygen atoms in total. The number of aromatic nitrogens is 4. The van der Waals surface area contributed by atoms with E-state index in [1.807, 2.05) is 24.4 Å². The van der Waals surface area contributed by atoms with E-state index in [1.54, 1.807) is 11.3 Å². The smallest absolute Gasteiger partial charge is 0.185 e. The summed E-state index contributed by atoms with van der Waals surface area (Å²) in [5, 5.41) is 15.0. The second-order valence-corrected chi connectivity index (χ2v) is 5.46. The molecule has 0 bridgehead atoms. The van der Waals surface area contributed by atoms with Crippen molar-refractivity contribution in [3.8, 4) is 11.5 Å². The molecule has 3 heterocycles. The van der Waals surface area contributed by atoms with Crippen molar-refractivity contribution in [2.24, 2.45) is 0 Å². The Morgan fingerprint density at radius 1 is 1.44 bits per heavy atom. The number of anilines is 1. The molecule has 0 aliphatic carbocycles. The van der Waals surface area contributed by atoms with Crippen molar-refractivity contribution in [3.63, 3.8) is 0 Å². The molecule has 0 amide bonds. The van der Waals surface area contributed by atoms with E-state index in [0.717, 1.165) is 35.6 Å². The van der Waals surface area contributed by atoms with E-state index in [-0.39, 0.29) is 6.04 Å². The summed E-state index contributed by atoms with van der Waals surface area (Å²) >= 11 is 1.63. The monoisotopic (exact) mass is 264 g/mol. The van der Waals surface area contributed by atoms with Crippen LogP contribution in [-0.4, -0.2) is 40.4 Å². The van der Waals surface area contributed by atoms with Crippen molar-refractivity contribution < 1.29 is 0 Å². The average molecular weight is 264 g/mol. The van der Waals surface area contributed by atoms with Crippen molar-refractivity contribution in [1.29, 1.82) is 0 Å². The molecule has 96 valence electrons. The van der Waals surface area contributed by atoms with Crippen LogP contribution in [0.5, 0.6) is 0 Å². The Kier molecular flexibility index (Phi) is 2.79. The van der Waals surface area contributed by atoms with Gasteiger partial charge in [0.2, 0.25) is 0 Å². The third-order valence-corrected chi connectivity index (χ3v) is 4.06. The lowest BCUT2D eigenvalue weighted by molar-refractivity contribution is 0.439. The van der Waals surface area contributed by atoms with Crippen molar-refractivity contribution in [3.05, 3.63) is 11.2 Å². The van der Waals surface area contributed by atoms with Crippen LogP contribution in [0.4, 0.5) is 5.13 Å². The molecule has 0 unspecified atom stereocenters. The van der Waals surface area contributed by atoms with Crippen molar-refractivity contribution >= 4 is 16.5 Å². The molecule has 0 radical (unpaired) electrons. The van der Waals surface area contributed by atoms with E-state index in [1.165, 1.54) is 0 Å². The highest BCUT2D eigenvalue weighted by Gasteiger charge is 2.23. The van der Waals surface area contributed by atoms with Crippen LogP contribution in [-0.2, 0) is 6.54 Å². The van der Waals surface area contributed by atoms with E-state index in [9.17, 15) is 0 Å². The first kappa shape index (κ1) is 11.6. The molecule has 0 spiro atoms. The summed E-state index contributed by atoms with van der Waals surface area (Å²) in [4.78, 5) is 6.59. The lowest BCUT2D eigenvalue weighted by Gasteiger charge is -2.21. The van der Waals surface area contributed by atoms with Gasteiger partial charge >= 0.3 is 0 Å². The topological polar surface area (TPSA) is 58.9 Å². The summed E-state index contributed by atoms with van der Waals surface area (Å²) in [6.07, 6.45) is 0. The van der Waals surface area contributed by atoms with Crippen LogP contribution in [0.15, 0.2) is 5.38 Å². The van der Waals surface area contributed by atoms with Gasteiger partial charge in [-0.3, -0.25) is 0 Å². The highest BCUT2D eigenvalue weighted by atomic mass is 32.1. The lowest BCUT2D eigenvalue weighted by atomic mass is 10.2. The Hall–Kier alpha value is -1.47. The summed E-state index contributed by atoms with van der Waals surface area (Å²) < 4.78 is 2.16. The van der Waals surface area contributed by atoms with Crippen molar-refractivity contribution in [2.45, 2.75) is 19.5 Å². The summed E-state index contributed by atoms with van der Waals surface area (Å²) in [6, 6.07) is 0.256. The van der Waals surface area contributed by atoms with E-state index in [0.29, 0.717) is 0 Å². The van der Waals surface area contributed by atoms with Crippen LogP contribution in [0, 0.1) is 0 Å². The summed E-state index contributed by atoms with van der Waals surface area (Å²) in [6.45, 7) is 3.95. The van der Waals surface area contributed by atoms with Gasteiger partial charge in [0.1, 0.15) is 11.5 Å². The molecule has 3 rings (SSSR count). The van der Waals surface area contributed by atoms with Gasteiger partial charge in [-0.1, -0.05) is 0 Å². The van der Waals surface area contributed by atoms with E-state index < -0.39 is 0 Å². The van der Waals surface area contributed by atoms with Crippen molar-refractivity contribution in [1.82, 2.24) is 25.1 Å². The molecule has 0 fully saturated rings. The molecule has 2 aromatic heterocycles. The van der Waals surface area contributed by atoms with Gasteiger partial charge in [-0.05, 0) is 6.92 Å². The number of hydrogen-bond acceptors (Lipinski definition) is 6. The van der Waals surface area contributed by atoms with Gasteiger partial charge in [-0.15, -0.1) is 21.5 Å². The minimum absolute atomic E-state index is 0.256. The molecular formula is C11H16N6S. The lowest BCUT2D eigenvalue weighted by Crippen LogP contribution is -2.32. The fraction of sp³-hybridized carbons (Fsp3) is 0.545. The van der Waals surface area contributed by atoms with Gasteiger partial charge < -0.3 is 14.8 Å². The molecule has 1 aliphatic rings. The fourth-order valence-electron chi connectivity index (χ4n) is 2.10. The predicted octanol–water partition coefficient (Wildman–Crippen LogP) is 1.13. The van der Waals surface area contributed by atoms with Gasteiger partial charge in [-0.2, -0.15) is 0 Å². The Morgan fingerprint density at radius 3 is 3.00 bits per heavy atom. The van der Waals surface area contributed by atoms with Gasteiger partial charge in [0.25, 0.3) is 0 Å². The predicted molar refractivity (Wildman–Crippen MR) is 71.9 cm³/mol. The van der Waals surface area contributed by atoms with Crippen LogP contribution in [0.1, 0.15) is 18.8 Å². The summed E-state index contributed by atoms with van der Waals surface area (Å²) in [7, 11) is 3.99. The number of rotatable bonds is 2. The van der Waals surface area contributed by atoms with Crippen molar-refractivity contribution in [2.75, 3.05) is 25.5 Å². The number of hydrogen-bond donors (Lipinski definition) is 1. The standard InChI is InChI=1S/C11H16N6S/c1-7-9-14-15-10(17(9)5-4-12-7)8-6-18-11(13-8)16(2)3/h6-7,12H,4-5H2,1-3H3/t7-/m0/s1. The largest absolute Gasteiger partial charge is 0.354 e. The molecule has 1 N–H and O–H groups in total. The zero-order valence-corrected chi connectivity index (χ0v) is 11.5. The van der Waals surface area contributed by atoms with Crippen LogP contribution in [0.25, 0.3) is 11.5 Å². The third kappa shape index (κ3) is 1.79. The summed E-state index contributed by atoms with van der Waals surface area (Å²) in [5.74, 6) is 1.87. The van der Waals surface area contributed by atoms with Crippen LogP contribution in [0.2, 0.25) is 0 Å². The maximum absolute atomic E-state index is 4.59. The van der Waals surface area contributed by atoms with Gasteiger partial charge in [0.15, 0.2) is 11.0 Å². The highest BCUT2D eigenvalue weighted by molar-refractivity contribution is 7.14. The zero-order chi connectivity index (χ0) is 12.7. The van der Waals surface area contributed by atoms with Gasteiger partial charge in [-0.25, -0.2) is 4.98 Å². The number of fused-ring (bicyclic) bond motifs is 1. The first-order valence-electron chi connectivity index (χ1n) is 5.96. The minimum atomic E-state index is 0.256. The normalized spacial score (nSPS) is 18.7. The SMILES string of the molecule is C[C@@H]1NCCn2c(-c3csc(N(C)C)n3)nnc21. The molecule has 0 saturated heterocycles.